The number of nitrogens with zero attached hydrogens (tertiary/aromatic N) is 4. The normalized spacial score (nSPS) is 11.2. The van der Waals surface area contributed by atoms with E-state index in [1.54, 1.807) is 0 Å². The van der Waals surface area contributed by atoms with Gasteiger partial charge < -0.3 is 10.2 Å². The minimum Gasteiger partial charge on any atom is -0.331 e. The summed E-state index contributed by atoms with van der Waals surface area (Å²) >= 11 is 5.82. The molecule has 0 spiro atoms. The minimum absolute atomic E-state index is 0.0381. The Kier molecular flexibility index (Phi) is 5.70. The number of urea groups is 1. The fraction of sp³-hybridized carbons (Fsp3) is 0.286. The van der Waals surface area contributed by atoms with Crippen molar-refractivity contribution in [3.8, 4) is 0 Å². The fourth-order valence-electron chi connectivity index (χ4n) is 1.79. The second-order valence-electron chi connectivity index (χ2n) is 5.37. The zero-order valence-electron chi connectivity index (χ0n) is 13.6. The predicted octanol–water partition coefficient (Wildman–Crippen LogP) is 2.68. The molecule has 0 bridgehead atoms. The molecule has 12 heteroatoms. The molecule has 0 atom stereocenters. The molecular formula is C14H14ClF3N6O2. The van der Waals surface area contributed by atoms with Gasteiger partial charge in [0.1, 0.15) is 6.54 Å². The first kappa shape index (κ1) is 19.5. The van der Waals surface area contributed by atoms with E-state index in [0.717, 1.165) is 22.9 Å². The van der Waals surface area contributed by atoms with E-state index in [1.165, 1.54) is 25.2 Å². The lowest BCUT2D eigenvalue weighted by atomic mass is 10.2. The summed E-state index contributed by atoms with van der Waals surface area (Å²) < 4.78 is 39.3. The number of carbonyl (C=O) groups excluding carboxylic acids is 2. The van der Waals surface area contributed by atoms with E-state index in [-0.39, 0.29) is 23.1 Å². The number of benzene rings is 1. The fourth-order valence-corrected chi connectivity index (χ4v) is 1.95. The zero-order valence-corrected chi connectivity index (χ0v) is 14.4. The molecule has 0 aliphatic heterocycles. The zero-order chi connectivity index (χ0) is 19.5. The summed E-state index contributed by atoms with van der Waals surface area (Å²) in [5.41, 5.74) is -1.11. The molecule has 0 saturated heterocycles. The summed E-state index contributed by atoms with van der Waals surface area (Å²) in [6, 6.07) is 2.17. The highest BCUT2D eigenvalue weighted by Crippen LogP contribution is 2.33. The smallest absolute Gasteiger partial charge is 0.331 e. The Morgan fingerprint density at radius 3 is 2.58 bits per heavy atom. The molecule has 3 amide bonds. The SMILES string of the molecule is CN(C)C(=O)Nc1cn(CC(=O)Nc2cc(C(F)(F)F)ccc2Cl)nn1. The highest BCUT2D eigenvalue weighted by Gasteiger charge is 2.31. The van der Waals surface area contributed by atoms with Crippen molar-refractivity contribution < 1.29 is 22.8 Å². The summed E-state index contributed by atoms with van der Waals surface area (Å²) in [4.78, 5) is 24.8. The third kappa shape index (κ3) is 5.09. The Balaban J connectivity index is 2.03. The number of amides is 3. The molecule has 140 valence electrons. The molecule has 2 aromatic rings. The van der Waals surface area contributed by atoms with Gasteiger partial charge in [-0.25, -0.2) is 9.48 Å². The van der Waals surface area contributed by atoms with Gasteiger partial charge in [-0.05, 0) is 18.2 Å². The number of hydrogen-bond acceptors (Lipinski definition) is 4. The predicted molar refractivity (Wildman–Crippen MR) is 87.8 cm³/mol. The van der Waals surface area contributed by atoms with Crippen LogP contribution in [-0.4, -0.2) is 45.9 Å². The maximum Gasteiger partial charge on any atom is 0.416 e. The molecule has 1 aromatic heterocycles. The first-order valence-electron chi connectivity index (χ1n) is 7.11. The molecule has 2 N–H and O–H groups in total. The van der Waals surface area contributed by atoms with Gasteiger partial charge in [-0.3, -0.25) is 10.1 Å². The van der Waals surface area contributed by atoms with Crippen molar-refractivity contribution in [2.45, 2.75) is 12.7 Å². The van der Waals surface area contributed by atoms with E-state index in [9.17, 15) is 22.8 Å². The van der Waals surface area contributed by atoms with Crippen molar-refractivity contribution in [1.29, 1.82) is 0 Å². The van der Waals surface area contributed by atoms with E-state index in [0.29, 0.717) is 0 Å². The Morgan fingerprint density at radius 2 is 1.96 bits per heavy atom. The molecule has 0 fully saturated rings. The van der Waals surface area contributed by atoms with E-state index < -0.39 is 23.7 Å². The van der Waals surface area contributed by atoms with Crippen LogP contribution in [0, 0.1) is 0 Å². The average molecular weight is 391 g/mol. The maximum atomic E-state index is 12.7. The van der Waals surface area contributed by atoms with E-state index in [1.807, 2.05) is 0 Å². The Hall–Kier alpha value is -2.82. The minimum atomic E-state index is -4.56. The van der Waals surface area contributed by atoms with E-state index in [4.69, 9.17) is 11.6 Å². The van der Waals surface area contributed by atoms with Gasteiger partial charge in [0, 0.05) is 14.1 Å². The van der Waals surface area contributed by atoms with Crippen LogP contribution >= 0.6 is 11.6 Å². The molecule has 1 heterocycles. The van der Waals surface area contributed by atoms with Gasteiger partial charge in [0.25, 0.3) is 0 Å². The number of hydrogen-bond donors (Lipinski definition) is 2. The number of alkyl halides is 3. The Labute approximate surface area is 150 Å². The van der Waals surface area contributed by atoms with Crippen LogP contribution in [0.15, 0.2) is 24.4 Å². The van der Waals surface area contributed by atoms with E-state index in [2.05, 4.69) is 20.9 Å². The summed E-state index contributed by atoms with van der Waals surface area (Å²) in [6.45, 7) is -0.336. The van der Waals surface area contributed by atoms with Crippen molar-refractivity contribution in [2.75, 3.05) is 24.7 Å². The number of carbonyl (C=O) groups is 2. The first-order valence-corrected chi connectivity index (χ1v) is 7.49. The summed E-state index contributed by atoms with van der Waals surface area (Å²) in [6.07, 6.45) is -3.26. The van der Waals surface area contributed by atoms with Crippen molar-refractivity contribution in [3.63, 3.8) is 0 Å². The molecule has 0 unspecified atom stereocenters. The van der Waals surface area contributed by atoms with Crippen LogP contribution in [0.25, 0.3) is 0 Å². The van der Waals surface area contributed by atoms with Crippen molar-refractivity contribution >= 4 is 35.0 Å². The maximum absolute atomic E-state index is 12.7. The number of halogens is 4. The third-order valence-electron chi connectivity index (χ3n) is 3.05. The third-order valence-corrected chi connectivity index (χ3v) is 3.38. The molecule has 26 heavy (non-hydrogen) atoms. The Morgan fingerprint density at radius 1 is 1.27 bits per heavy atom. The molecule has 8 nitrogen and oxygen atoms in total. The van der Waals surface area contributed by atoms with Crippen LogP contribution in [0.3, 0.4) is 0 Å². The van der Waals surface area contributed by atoms with Gasteiger partial charge in [-0.15, -0.1) is 5.10 Å². The molecule has 0 radical (unpaired) electrons. The van der Waals surface area contributed by atoms with Crippen molar-refractivity contribution in [3.05, 3.63) is 35.0 Å². The van der Waals surface area contributed by atoms with Crippen LogP contribution in [0.2, 0.25) is 5.02 Å². The summed E-state index contributed by atoms with van der Waals surface area (Å²) in [7, 11) is 3.07. The second kappa shape index (κ2) is 7.60. The monoisotopic (exact) mass is 390 g/mol. The van der Waals surface area contributed by atoms with Crippen molar-refractivity contribution in [2.24, 2.45) is 0 Å². The van der Waals surface area contributed by atoms with Crippen molar-refractivity contribution in [1.82, 2.24) is 19.9 Å². The summed E-state index contributed by atoms with van der Waals surface area (Å²) in [5, 5.41) is 12.0. The van der Waals surface area contributed by atoms with Gasteiger partial charge in [-0.2, -0.15) is 13.2 Å². The van der Waals surface area contributed by atoms with Gasteiger partial charge in [0.2, 0.25) is 5.91 Å². The lowest BCUT2D eigenvalue weighted by Gasteiger charge is -2.11. The highest BCUT2D eigenvalue weighted by atomic mass is 35.5. The molecule has 1 aromatic carbocycles. The lowest BCUT2D eigenvalue weighted by Crippen LogP contribution is -2.27. The lowest BCUT2D eigenvalue weighted by molar-refractivity contribution is -0.137. The molecule has 0 aliphatic carbocycles. The topological polar surface area (TPSA) is 92.2 Å². The first-order chi connectivity index (χ1) is 12.1. The summed E-state index contributed by atoms with van der Waals surface area (Å²) in [5.74, 6) is -0.546. The quantitative estimate of drug-likeness (QED) is 0.839. The van der Waals surface area contributed by atoms with Crippen LogP contribution < -0.4 is 10.6 Å². The average Bonchev–Trinajstić information content (AvgIpc) is 2.95. The second-order valence-corrected chi connectivity index (χ2v) is 5.77. The van der Waals surface area contributed by atoms with Gasteiger partial charge in [-0.1, -0.05) is 16.8 Å². The molecule has 0 saturated carbocycles. The highest BCUT2D eigenvalue weighted by molar-refractivity contribution is 6.33. The standard InChI is InChI=1S/C14H14ClF3N6O2/c1-23(2)13(26)20-11-6-24(22-21-11)7-12(25)19-10-5-8(14(16,17)18)3-4-9(10)15/h3-6H,7H2,1-2H3,(H,19,25)(H,20,26). The van der Waals surface area contributed by atoms with Gasteiger partial charge in [0.05, 0.1) is 22.5 Å². The number of rotatable bonds is 4. The Bertz CT molecular complexity index is 821. The van der Waals surface area contributed by atoms with Crippen LogP contribution in [0.5, 0.6) is 0 Å². The van der Waals surface area contributed by atoms with Crippen LogP contribution in [0.1, 0.15) is 5.56 Å². The molecular weight excluding hydrogens is 377 g/mol. The molecule has 0 aliphatic rings. The van der Waals surface area contributed by atoms with Gasteiger partial charge in [0.15, 0.2) is 5.82 Å². The van der Waals surface area contributed by atoms with Crippen LogP contribution in [-0.2, 0) is 17.5 Å². The van der Waals surface area contributed by atoms with E-state index >= 15 is 0 Å². The van der Waals surface area contributed by atoms with Crippen LogP contribution in [0.4, 0.5) is 29.5 Å². The largest absolute Gasteiger partial charge is 0.416 e. The van der Waals surface area contributed by atoms with Gasteiger partial charge >= 0.3 is 12.2 Å². The number of anilines is 2. The number of aromatic nitrogens is 3. The molecule has 2 rings (SSSR count). The number of nitrogens with one attached hydrogen (secondary N) is 2.